The van der Waals surface area contributed by atoms with Crippen LogP contribution in [0.3, 0.4) is 0 Å². The minimum absolute atomic E-state index is 0.0199. The molecule has 0 spiro atoms. The highest BCUT2D eigenvalue weighted by atomic mass is 35.5. The van der Waals surface area contributed by atoms with Gasteiger partial charge in [0, 0.05) is 34.0 Å². The Hall–Kier alpha value is -2.89. The molecule has 2 heterocycles. The molecule has 0 saturated heterocycles. The van der Waals surface area contributed by atoms with E-state index >= 15 is 0 Å². The topological polar surface area (TPSA) is 75.2 Å². The van der Waals surface area contributed by atoms with Gasteiger partial charge in [0.05, 0.1) is 18.3 Å². The highest BCUT2D eigenvalue weighted by Crippen LogP contribution is 2.33. The number of pyridine rings is 1. The number of aromatic nitrogens is 2. The summed E-state index contributed by atoms with van der Waals surface area (Å²) in [6.07, 6.45) is 2.28. The maximum absolute atomic E-state index is 11.7. The smallest absolute Gasteiger partial charge is 0.354 e. The van der Waals surface area contributed by atoms with Crippen LogP contribution >= 0.6 is 11.6 Å². The Morgan fingerprint density at radius 2 is 1.93 bits per heavy atom. The number of nitrogens with zero attached hydrogens (tertiary/aromatic N) is 1. The van der Waals surface area contributed by atoms with E-state index < -0.39 is 5.97 Å². The molecule has 2 aromatic carbocycles. The first-order valence-corrected chi connectivity index (χ1v) is 8.84. The van der Waals surface area contributed by atoms with Crippen molar-refractivity contribution >= 4 is 39.4 Å². The first-order valence-electron chi connectivity index (χ1n) is 8.46. The van der Waals surface area contributed by atoms with Crippen molar-refractivity contribution in [2.75, 3.05) is 7.11 Å². The molecule has 0 aliphatic carbocycles. The summed E-state index contributed by atoms with van der Waals surface area (Å²) in [4.78, 5) is 19.1. The van der Waals surface area contributed by atoms with Gasteiger partial charge in [-0.05, 0) is 35.7 Å². The lowest BCUT2D eigenvalue weighted by Crippen LogP contribution is -2.07. The van der Waals surface area contributed by atoms with Gasteiger partial charge >= 0.3 is 5.97 Å². The van der Waals surface area contributed by atoms with E-state index in [2.05, 4.69) is 16.0 Å². The van der Waals surface area contributed by atoms with E-state index in [-0.39, 0.29) is 12.3 Å². The molecular weight excluding hydrogens is 364 g/mol. The Kier molecular flexibility index (Phi) is 4.56. The molecule has 0 saturated carbocycles. The van der Waals surface area contributed by atoms with Gasteiger partial charge in [0.25, 0.3) is 0 Å². The van der Waals surface area contributed by atoms with Crippen LogP contribution in [0, 0.1) is 0 Å². The Balaban J connectivity index is 1.98. The van der Waals surface area contributed by atoms with Crippen LogP contribution in [0.15, 0.2) is 48.7 Å². The average molecular weight is 381 g/mol. The van der Waals surface area contributed by atoms with Crippen molar-refractivity contribution in [1.29, 1.82) is 0 Å². The number of fused-ring (bicyclic) bond motifs is 3. The van der Waals surface area contributed by atoms with Crippen molar-refractivity contribution < 1.29 is 14.6 Å². The van der Waals surface area contributed by atoms with Gasteiger partial charge in [-0.2, -0.15) is 0 Å². The number of nitrogens with one attached hydrogen (secondary N) is 1. The fraction of sp³-hybridized carbons (Fsp3) is 0.143. The fourth-order valence-corrected chi connectivity index (χ4v) is 3.64. The number of halogens is 1. The van der Waals surface area contributed by atoms with E-state index in [1.54, 1.807) is 13.3 Å². The number of carbonyl (C=O) groups is 1. The third-order valence-corrected chi connectivity index (χ3v) is 4.90. The molecule has 4 rings (SSSR count). The predicted molar refractivity (Wildman–Crippen MR) is 106 cm³/mol. The van der Waals surface area contributed by atoms with Gasteiger partial charge in [-0.15, -0.1) is 0 Å². The third kappa shape index (κ3) is 3.16. The van der Waals surface area contributed by atoms with E-state index in [0.717, 1.165) is 32.9 Å². The number of H-pyrrole nitrogens is 1. The molecule has 0 aliphatic heterocycles. The zero-order valence-electron chi connectivity index (χ0n) is 14.6. The second kappa shape index (κ2) is 7.02. The number of ether oxygens (including phenoxy) is 1. The zero-order valence-corrected chi connectivity index (χ0v) is 15.4. The molecule has 6 heteroatoms. The largest absolute Gasteiger partial charge is 0.477 e. The van der Waals surface area contributed by atoms with Crippen LogP contribution in [-0.2, 0) is 17.8 Å². The molecule has 0 atom stereocenters. The van der Waals surface area contributed by atoms with Crippen molar-refractivity contribution in [2.45, 2.75) is 13.0 Å². The van der Waals surface area contributed by atoms with Gasteiger partial charge in [0.2, 0.25) is 0 Å². The number of carboxylic acids is 1. The monoisotopic (exact) mass is 380 g/mol. The predicted octanol–water partition coefficient (Wildman–Crippen LogP) is 4.80. The second-order valence-electron chi connectivity index (χ2n) is 6.38. The van der Waals surface area contributed by atoms with Crippen LogP contribution in [0.5, 0.6) is 0 Å². The standard InChI is InChI=1S/C21H17ClN2O3/c1-27-11-15-19-17(10-23-20(15)21(25)26)24-16-4-2-3-13(18(16)19)9-12-5-7-14(22)8-6-12/h2-8,10,24H,9,11H2,1H3,(H,25,26). The number of carboxylic acid groups (broad SMARTS) is 1. The minimum atomic E-state index is -1.06. The van der Waals surface area contributed by atoms with Gasteiger partial charge in [0.15, 0.2) is 5.69 Å². The summed E-state index contributed by atoms with van der Waals surface area (Å²) in [7, 11) is 1.55. The number of aromatic carboxylic acids is 1. The summed E-state index contributed by atoms with van der Waals surface area (Å²) in [6.45, 7) is 0.175. The SMILES string of the molecule is COCc1c(C(=O)O)ncc2[nH]c3cccc(Cc4ccc(Cl)cc4)c3c12. The molecule has 2 N–H and O–H groups in total. The molecule has 0 bridgehead atoms. The van der Waals surface area contributed by atoms with Crippen LogP contribution in [-0.4, -0.2) is 28.2 Å². The Morgan fingerprint density at radius 3 is 2.63 bits per heavy atom. The van der Waals surface area contributed by atoms with Gasteiger partial charge in [-0.3, -0.25) is 0 Å². The molecule has 0 unspecified atom stereocenters. The van der Waals surface area contributed by atoms with Crippen LogP contribution in [0.2, 0.25) is 5.02 Å². The molecule has 4 aromatic rings. The van der Waals surface area contributed by atoms with Crippen molar-refractivity contribution in [3.63, 3.8) is 0 Å². The zero-order chi connectivity index (χ0) is 19.0. The number of hydrogen-bond donors (Lipinski definition) is 2. The van der Waals surface area contributed by atoms with Gasteiger partial charge in [0.1, 0.15) is 0 Å². The maximum atomic E-state index is 11.7. The van der Waals surface area contributed by atoms with E-state index in [1.165, 1.54) is 0 Å². The number of aromatic amines is 1. The summed E-state index contributed by atoms with van der Waals surface area (Å²) in [6, 6.07) is 13.8. The van der Waals surface area contributed by atoms with E-state index in [4.69, 9.17) is 16.3 Å². The average Bonchev–Trinajstić information content (AvgIpc) is 3.04. The lowest BCUT2D eigenvalue weighted by Gasteiger charge is -2.09. The van der Waals surface area contributed by atoms with Crippen molar-refractivity contribution in [2.24, 2.45) is 0 Å². The molecule has 0 radical (unpaired) electrons. The Morgan fingerprint density at radius 1 is 1.15 bits per heavy atom. The van der Waals surface area contributed by atoms with Gasteiger partial charge in [-0.25, -0.2) is 9.78 Å². The Labute approximate surface area is 160 Å². The van der Waals surface area contributed by atoms with Crippen LogP contribution in [0.4, 0.5) is 0 Å². The van der Waals surface area contributed by atoms with E-state index in [1.807, 2.05) is 36.4 Å². The van der Waals surface area contributed by atoms with Crippen LogP contribution in [0.1, 0.15) is 27.2 Å². The van der Waals surface area contributed by atoms with Gasteiger partial charge < -0.3 is 14.8 Å². The number of rotatable bonds is 5. The Bertz CT molecular complexity index is 1150. The maximum Gasteiger partial charge on any atom is 0.354 e. The highest BCUT2D eigenvalue weighted by Gasteiger charge is 2.20. The molecule has 136 valence electrons. The van der Waals surface area contributed by atoms with Crippen molar-refractivity contribution in [1.82, 2.24) is 9.97 Å². The minimum Gasteiger partial charge on any atom is -0.477 e. The first-order chi connectivity index (χ1) is 13.1. The molecule has 0 aliphatic rings. The summed E-state index contributed by atoms with van der Waals surface area (Å²) in [5.41, 5.74) is 4.57. The molecule has 0 amide bonds. The summed E-state index contributed by atoms with van der Waals surface area (Å²) in [5.74, 6) is -1.06. The normalized spacial score (nSPS) is 11.3. The molecule has 2 aromatic heterocycles. The first kappa shape index (κ1) is 17.5. The van der Waals surface area contributed by atoms with E-state index in [9.17, 15) is 9.90 Å². The summed E-state index contributed by atoms with van der Waals surface area (Å²) >= 11 is 5.99. The molecule has 0 fully saturated rings. The third-order valence-electron chi connectivity index (χ3n) is 4.65. The highest BCUT2D eigenvalue weighted by molar-refractivity contribution is 6.30. The van der Waals surface area contributed by atoms with Gasteiger partial charge in [-0.1, -0.05) is 35.9 Å². The lowest BCUT2D eigenvalue weighted by atomic mass is 9.97. The summed E-state index contributed by atoms with van der Waals surface area (Å²) < 4.78 is 5.28. The summed E-state index contributed by atoms with van der Waals surface area (Å²) in [5, 5.41) is 12.1. The lowest BCUT2D eigenvalue weighted by molar-refractivity contribution is 0.0685. The second-order valence-corrected chi connectivity index (χ2v) is 6.82. The van der Waals surface area contributed by atoms with Crippen molar-refractivity contribution in [3.8, 4) is 0 Å². The number of benzene rings is 2. The molecule has 5 nitrogen and oxygen atoms in total. The number of methoxy groups -OCH3 is 1. The van der Waals surface area contributed by atoms with Crippen LogP contribution < -0.4 is 0 Å². The van der Waals surface area contributed by atoms with Crippen molar-refractivity contribution in [3.05, 3.63) is 76.1 Å². The quantitative estimate of drug-likeness (QED) is 0.521. The molecule has 27 heavy (non-hydrogen) atoms. The molecular formula is C21H17ClN2O3. The van der Waals surface area contributed by atoms with Crippen LogP contribution in [0.25, 0.3) is 21.8 Å². The number of hydrogen-bond acceptors (Lipinski definition) is 3. The fourth-order valence-electron chi connectivity index (χ4n) is 3.52. The van der Waals surface area contributed by atoms with E-state index in [0.29, 0.717) is 17.0 Å².